The Hall–Kier alpha value is -3.36. The van der Waals surface area contributed by atoms with Gasteiger partial charge in [-0.1, -0.05) is 74.5 Å². The number of hydrogen-bond donors (Lipinski definition) is 1. The predicted octanol–water partition coefficient (Wildman–Crippen LogP) is 5.21. The van der Waals surface area contributed by atoms with E-state index in [1.807, 2.05) is 80.6 Å². The standard InChI is InChI=1S/C30H36N2O5S/c1-23(2)15-16-30(35)32(31-29(34)20-36-19-25-12-7-4-8-13-25)27(18-24-10-5-3-6-11-24)28(33)22-38-21-26-14-9-17-37-26/h3-14,17,23,27H,15-16,18-22H2,1-2H3,(H,31,34)/t27-/m0/s1. The molecule has 0 saturated carbocycles. The molecule has 1 aromatic heterocycles. The van der Waals surface area contributed by atoms with Crippen LogP contribution in [0.25, 0.3) is 0 Å². The average Bonchev–Trinajstić information content (AvgIpc) is 3.44. The number of rotatable bonds is 15. The van der Waals surface area contributed by atoms with Crippen molar-refractivity contribution < 1.29 is 23.5 Å². The number of Topliss-reactive ketones (excluding diaryl/α,β-unsaturated/α-hetero) is 1. The molecule has 3 rings (SSSR count). The molecule has 8 heteroatoms. The van der Waals surface area contributed by atoms with Gasteiger partial charge in [-0.05, 0) is 35.6 Å². The Morgan fingerprint density at radius 1 is 0.947 bits per heavy atom. The highest BCUT2D eigenvalue weighted by atomic mass is 32.2. The minimum absolute atomic E-state index is 0.145. The van der Waals surface area contributed by atoms with Crippen LogP contribution in [0.5, 0.6) is 0 Å². The first-order valence-corrected chi connectivity index (χ1v) is 14.0. The monoisotopic (exact) mass is 536 g/mol. The quantitative estimate of drug-likeness (QED) is 0.269. The van der Waals surface area contributed by atoms with Gasteiger partial charge >= 0.3 is 0 Å². The molecule has 1 atom stereocenters. The molecule has 2 amide bonds. The Balaban J connectivity index is 1.73. The summed E-state index contributed by atoms with van der Waals surface area (Å²) in [7, 11) is 0. The van der Waals surface area contributed by atoms with Crippen molar-refractivity contribution in [2.45, 2.75) is 51.5 Å². The van der Waals surface area contributed by atoms with Crippen molar-refractivity contribution in [1.82, 2.24) is 10.4 Å². The van der Waals surface area contributed by atoms with Gasteiger partial charge in [0.25, 0.3) is 5.91 Å². The van der Waals surface area contributed by atoms with Gasteiger partial charge in [-0.25, -0.2) is 5.01 Å². The van der Waals surface area contributed by atoms with Crippen LogP contribution in [-0.4, -0.2) is 41.0 Å². The van der Waals surface area contributed by atoms with Crippen LogP contribution < -0.4 is 5.43 Å². The van der Waals surface area contributed by atoms with Crippen LogP contribution in [0.2, 0.25) is 0 Å². The molecule has 2 aromatic carbocycles. The summed E-state index contributed by atoms with van der Waals surface area (Å²) in [6, 6.07) is 21.9. The third-order valence-corrected chi connectivity index (χ3v) is 6.80. The molecule has 1 N–H and O–H groups in total. The largest absolute Gasteiger partial charge is 0.468 e. The van der Waals surface area contributed by atoms with Crippen LogP contribution in [0.3, 0.4) is 0 Å². The first-order valence-electron chi connectivity index (χ1n) is 12.8. The highest BCUT2D eigenvalue weighted by molar-refractivity contribution is 7.99. The third kappa shape index (κ3) is 10.2. The van der Waals surface area contributed by atoms with E-state index in [1.165, 1.54) is 16.8 Å². The first kappa shape index (κ1) is 29.2. The summed E-state index contributed by atoms with van der Waals surface area (Å²) in [6.07, 6.45) is 2.76. The number of amides is 2. The van der Waals surface area contributed by atoms with Gasteiger partial charge in [0.15, 0.2) is 5.78 Å². The zero-order valence-electron chi connectivity index (χ0n) is 22.0. The normalized spacial score (nSPS) is 11.8. The van der Waals surface area contributed by atoms with Crippen molar-refractivity contribution in [1.29, 1.82) is 0 Å². The number of hydrazine groups is 1. The molecule has 0 fully saturated rings. The minimum Gasteiger partial charge on any atom is -0.468 e. The number of thioether (sulfide) groups is 1. The van der Waals surface area contributed by atoms with Crippen LogP contribution in [0.1, 0.15) is 43.6 Å². The number of carbonyl (C=O) groups is 3. The second-order valence-electron chi connectivity index (χ2n) is 9.45. The summed E-state index contributed by atoms with van der Waals surface area (Å²) in [5, 5.41) is 1.24. The van der Waals surface area contributed by atoms with E-state index in [1.54, 1.807) is 12.3 Å². The van der Waals surface area contributed by atoms with Crippen molar-refractivity contribution in [3.05, 3.63) is 95.9 Å². The Kier molecular flexibility index (Phi) is 12.1. The number of nitrogens with one attached hydrogen (secondary N) is 1. The molecule has 0 aliphatic carbocycles. The third-order valence-electron chi connectivity index (χ3n) is 5.82. The van der Waals surface area contributed by atoms with Gasteiger partial charge in [0.1, 0.15) is 18.4 Å². The lowest BCUT2D eigenvalue weighted by atomic mass is 10.0. The lowest BCUT2D eigenvalue weighted by Crippen LogP contribution is -2.56. The highest BCUT2D eigenvalue weighted by Crippen LogP contribution is 2.18. The lowest BCUT2D eigenvalue weighted by Gasteiger charge is -2.31. The molecule has 0 spiro atoms. The molecule has 0 aliphatic rings. The molecule has 0 unspecified atom stereocenters. The van der Waals surface area contributed by atoms with Gasteiger partial charge in [0.2, 0.25) is 5.91 Å². The zero-order valence-corrected chi connectivity index (χ0v) is 22.8. The van der Waals surface area contributed by atoms with E-state index >= 15 is 0 Å². The van der Waals surface area contributed by atoms with Crippen molar-refractivity contribution in [2.75, 3.05) is 12.4 Å². The average molecular weight is 537 g/mol. The minimum atomic E-state index is -0.848. The maximum atomic E-state index is 13.5. The number of benzene rings is 2. The Morgan fingerprint density at radius 2 is 1.63 bits per heavy atom. The molecule has 7 nitrogen and oxygen atoms in total. The fourth-order valence-electron chi connectivity index (χ4n) is 3.78. The molecule has 3 aromatic rings. The maximum absolute atomic E-state index is 13.5. The smallest absolute Gasteiger partial charge is 0.264 e. The van der Waals surface area contributed by atoms with E-state index in [9.17, 15) is 14.4 Å². The lowest BCUT2D eigenvalue weighted by molar-refractivity contribution is -0.149. The summed E-state index contributed by atoms with van der Waals surface area (Å²) in [5.41, 5.74) is 4.54. The Morgan fingerprint density at radius 3 is 2.26 bits per heavy atom. The summed E-state index contributed by atoms with van der Waals surface area (Å²) < 4.78 is 10.9. The van der Waals surface area contributed by atoms with Crippen LogP contribution in [-0.2, 0) is 37.9 Å². The molecular weight excluding hydrogens is 500 g/mol. The maximum Gasteiger partial charge on any atom is 0.264 e. The van der Waals surface area contributed by atoms with Crippen LogP contribution in [0, 0.1) is 5.92 Å². The second-order valence-corrected chi connectivity index (χ2v) is 10.4. The molecule has 0 aliphatic heterocycles. The van der Waals surface area contributed by atoms with Gasteiger partial charge in [-0.3, -0.25) is 19.8 Å². The van der Waals surface area contributed by atoms with Crippen molar-refractivity contribution in [3.8, 4) is 0 Å². The van der Waals surface area contributed by atoms with Gasteiger partial charge in [-0.15, -0.1) is 11.8 Å². The van der Waals surface area contributed by atoms with E-state index < -0.39 is 11.9 Å². The second kappa shape index (κ2) is 15.8. The number of ketones is 1. The van der Waals surface area contributed by atoms with Gasteiger partial charge in [0, 0.05) is 12.8 Å². The summed E-state index contributed by atoms with van der Waals surface area (Å²) in [5.74, 6) is 0.876. The number of furan rings is 1. The number of nitrogens with zero attached hydrogens (tertiary/aromatic N) is 1. The SMILES string of the molecule is CC(C)CCC(=O)N(NC(=O)COCc1ccccc1)[C@@H](Cc1ccccc1)C(=O)CSCc1ccco1. The number of carbonyl (C=O) groups excluding carboxylic acids is 3. The molecular formula is C30H36N2O5S. The Labute approximate surface area is 228 Å². The van der Waals surface area contributed by atoms with E-state index in [4.69, 9.17) is 9.15 Å². The molecule has 0 radical (unpaired) electrons. The fourth-order valence-corrected chi connectivity index (χ4v) is 4.64. The van der Waals surface area contributed by atoms with Crippen LogP contribution >= 0.6 is 11.8 Å². The molecule has 0 bridgehead atoms. The summed E-state index contributed by atoms with van der Waals surface area (Å²) in [6.45, 7) is 4.10. The van der Waals surface area contributed by atoms with E-state index in [0.29, 0.717) is 24.5 Å². The molecule has 1 heterocycles. The fraction of sp³-hybridized carbons (Fsp3) is 0.367. The number of hydrogen-bond acceptors (Lipinski definition) is 6. The van der Waals surface area contributed by atoms with Crippen LogP contribution in [0.4, 0.5) is 0 Å². The Bertz CT molecular complexity index is 1120. The zero-order chi connectivity index (χ0) is 27.2. The van der Waals surface area contributed by atoms with Gasteiger partial charge < -0.3 is 9.15 Å². The van der Waals surface area contributed by atoms with Gasteiger partial charge in [0.05, 0.1) is 24.4 Å². The highest BCUT2D eigenvalue weighted by Gasteiger charge is 2.31. The van der Waals surface area contributed by atoms with E-state index in [-0.39, 0.29) is 37.1 Å². The molecule has 202 valence electrons. The topological polar surface area (TPSA) is 88.9 Å². The van der Waals surface area contributed by atoms with Crippen molar-refractivity contribution in [2.24, 2.45) is 5.92 Å². The molecule has 0 saturated heterocycles. The van der Waals surface area contributed by atoms with Gasteiger partial charge in [-0.2, -0.15) is 0 Å². The van der Waals surface area contributed by atoms with Crippen LogP contribution in [0.15, 0.2) is 83.5 Å². The predicted molar refractivity (Wildman–Crippen MR) is 149 cm³/mol. The van der Waals surface area contributed by atoms with Crippen molar-refractivity contribution in [3.63, 3.8) is 0 Å². The number of ether oxygens (including phenoxy) is 1. The van der Waals surface area contributed by atoms with E-state index in [2.05, 4.69) is 5.43 Å². The molecule has 38 heavy (non-hydrogen) atoms. The first-order chi connectivity index (χ1) is 18.4. The summed E-state index contributed by atoms with van der Waals surface area (Å²) >= 11 is 1.42. The summed E-state index contributed by atoms with van der Waals surface area (Å²) in [4.78, 5) is 39.8. The van der Waals surface area contributed by atoms with Crippen molar-refractivity contribution >= 4 is 29.4 Å². The van der Waals surface area contributed by atoms with E-state index in [0.717, 1.165) is 16.9 Å².